The molecule has 2 aromatic rings. The van der Waals surface area contributed by atoms with Crippen LogP contribution in [0.3, 0.4) is 0 Å². The van der Waals surface area contributed by atoms with E-state index >= 15 is 0 Å². The number of halogens is 5. The fourth-order valence-corrected chi connectivity index (χ4v) is 3.11. The molecule has 1 aliphatic heterocycles. The summed E-state index contributed by atoms with van der Waals surface area (Å²) in [4.78, 5) is 19.3. The Balaban J connectivity index is 1.86. The van der Waals surface area contributed by atoms with Crippen LogP contribution in [0, 0.1) is 23.6 Å². The van der Waals surface area contributed by atoms with Gasteiger partial charge in [0.2, 0.25) is 11.5 Å². The quantitative estimate of drug-likeness (QED) is 0.509. The van der Waals surface area contributed by atoms with Crippen LogP contribution in [0.15, 0.2) is 24.4 Å². The molecule has 30 heavy (non-hydrogen) atoms. The van der Waals surface area contributed by atoms with E-state index in [9.17, 15) is 26.7 Å². The maximum absolute atomic E-state index is 14.9. The molecule has 6 nitrogen and oxygen atoms in total. The topological polar surface area (TPSA) is 92.9 Å². The molecule has 0 saturated heterocycles. The Bertz CT molecular complexity index is 1090. The summed E-state index contributed by atoms with van der Waals surface area (Å²) in [7, 11) is 0. The van der Waals surface area contributed by atoms with Crippen molar-refractivity contribution in [3.8, 4) is 11.8 Å². The Morgan fingerprint density at radius 1 is 1.30 bits per heavy atom. The number of nitrogens with one attached hydrogen (secondary N) is 2. The van der Waals surface area contributed by atoms with E-state index in [-0.39, 0.29) is 17.6 Å². The third-order valence-corrected chi connectivity index (χ3v) is 4.78. The van der Waals surface area contributed by atoms with Crippen LogP contribution < -0.4 is 16.4 Å². The van der Waals surface area contributed by atoms with Crippen molar-refractivity contribution in [2.24, 2.45) is 5.92 Å². The zero-order chi connectivity index (χ0) is 21.7. The maximum Gasteiger partial charge on any atom is 0.427 e. The largest absolute Gasteiger partial charge is 0.427 e. The lowest BCUT2D eigenvalue weighted by atomic mass is 9.85. The van der Waals surface area contributed by atoms with Crippen molar-refractivity contribution in [1.29, 1.82) is 0 Å². The average Bonchev–Trinajstić information content (AvgIpc) is 3.49. The maximum atomic E-state index is 14.9. The number of amides is 2. The summed E-state index contributed by atoms with van der Waals surface area (Å²) in [5.74, 6) is 2.87. The summed E-state index contributed by atoms with van der Waals surface area (Å²) < 4.78 is 71.8. The van der Waals surface area contributed by atoms with Crippen molar-refractivity contribution in [2.75, 3.05) is 11.1 Å². The van der Waals surface area contributed by atoms with Crippen LogP contribution in [0.5, 0.6) is 0 Å². The Morgan fingerprint density at radius 2 is 2.03 bits per heavy atom. The summed E-state index contributed by atoms with van der Waals surface area (Å²) in [5, 5.41) is 3.94. The number of alkyl halides is 4. The SMILES string of the molecule is Nc1nccc([C@H](F)c2cc3c(cc2F)[C@@](C#CC2CC2)(C(F)(F)F)NC(=O)N3)n1. The lowest BCUT2D eigenvalue weighted by Crippen LogP contribution is -2.59. The fourth-order valence-electron chi connectivity index (χ4n) is 3.11. The van der Waals surface area contributed by atoms with Crippen molar-refractivity contribution < 1.29 is 26.7 Å². The minimum absolute atomic E-state index is 0.206. The molecule has 4 N–H and O–H groups in total. The number of aromatic nitrogens is 2. The highest BCUT2D eigenvalue weighted by Crippen LogP contribution is 2.46. The number of hydrogen-bond acceptors (Lipinski definition) is 4. The van der Waals surface area contributed by atoms with Gasteiger partial charge < -0.3 is 16.4 Å². The van der Waals surface area contributed by atoms with Gasteiger partial charge in [0.25, 0.3) is 0 Å². The molecule has 0 unspecified atom stereocenters. The van der Waals surface area contributed by atoms with Gasteiger partial charge in [-0.25, -0.2) is 23.5 Å². The van der Waals surface area contributed by atoms with Gasteiger partial charge in [0.15, 0.2) is 6.17 Å². The summed E-state index contributed by atoms with van der Waals surface area (Å²) in [6.07, 6.45) is -4.73. The van der Waals surface area contributed by atoms with E-state index in [0.717, 1.165) is 18.3 Å². The van der Waals surface area contributed by atoms with Gasteiger partial charge in [-0.15, -0.1) is 0 Å². The molecule has 11 heteroatoms. The van der Waals surface area contributed by atoms with E-state index < -0.39 is 46.5 Å². The van der Waals surface area contributed by atoms with Gasteiger partial charge in [-0.3, -0.25) is 0 Å². The van der Waals surface area contributed by atoms with Crippen molar-refractivity contribution in [1.82, 2.24) is 15.3 Å². The summed E-state index contributed by atoms with van der Waals surface area (Å²) in [6, 6.07) is 1.31. The monoisotopic (exact) mass is 423 g/mol. The third-order valence-electron chi connectivity index (χ3n) is 4.78. The first kappa shape index (κ1) is 19.9. The predicted molar refractivity (Wildman–Crippen MR) is 96.2 cm³/mol. The molecule has 0 spiro atoms. The minimum atomic E-state index is -5.05. The summed E-state index contributed by atoms with van der Waals surface area (Å²) in [5.41, 5.74) is 0.340. The molecule has 2 aliphatic rings. The van der Waals surface area contributed by atoms with Crippen molar-refractivity contribution >= 4 is 17.7 Å². The molecule has 2 atom stereocenters. The number of anilines is 2. The molecule has 156 valence electrons. The van der Waals surface area contributed by atoms with Gasteiger partial charge in [-0.05, 0) is 31.0 Å². The van der Waals surface area contributed by atoms with E-state index in [1.54, 1.807) is 5.32 Å². The second-order valence-electron chi connectivity index (χ2n) is 6.99. The second kappa shape index (κ2) is 6.83. The number of nitrogens with zero attached hydrogens (tertiary/aromatic N) is 2. The van der Waals surface area contributed by atoms with Crippen LogP contribution in [-0.2, 0) is 5.54 Å². The smallest absolute Gasteiger partial charge is 0.368 e. The number of fused-ring (bicyclic) bond motifs is 1. The fraction of sp³-hybridized carbons (Fsp3) is 0.316. The van der Waals surface area contributed by atoms with Crippen molar-refractivity contribution in [3.63, 3.8) is 0 Å². The van der Waals surface area contributed by atoms with Crippen LogP contribution in [0.1, 0.15) is 35.8 Å². The summed E-state index contributed by atoms with van der Waals surface area (Å²) >= 11 is 0. The van der Waals surface area contributed by atoms with Crippen molar-refractivity contribution in [2.45, 2.75) is 30.7 Å². The standard InChI is InChI=1S/C19H14F5N5O/c20-12-8-11-14(7-10(12)15(21)13-4-6-26-16(25)27-13)28-17(30)29-18(11,19(22,23)24)5-3-9-1-2-9/h4,6-9,15H,1-2H2,(H2,25,26,27)(H2,28,29,30)/t15-,18+/m1/s1. The number of hydrogen-bond donors (Lipinski definition) is 3. The number of carbonyl (C=O) groups excluding carboxylic acids is 1. The molecule has 0 bridgehead atoms. The van der Waals surface area contributed by atoms with Gasteiger partial charge in [-0.1, -0.05) is 11.8 Å². The highest BCUT2D eigenvalue weighted by atomic mass is 19.4. The van der Waals surface area contributed by atoms with Crippen LogP contribution in [0.4, 0.5) is 38.4 Å². The third kappa shape index (κ3) is 3.38. The van der Waals surface area contributed by atoms with Gasteiger partial charge in [0.1, 0.15) is 5.82 Å². The Kier molecular flexibility index (Phi) is 4.52. The number of benzene rings is 1. The molecule has 0 radical (unpaired) electrons. The molecular formula is C19H14F5N5O. The second-order valence-corrected chi connectivity index (χ2v) is 6.99. The highest BCUT2D eigenvalue weighted by molar-refractivity contribution is 5.95. The average molecular weight is 423 g/mol. The first-order chi connectivity index (χ1) is 14.1. The Morgan fingerprint density at radius 3 is 2.67 bits per heavy atom. The molecular weight excluding hydrogens is 409 g/mol. The van der Waals surface area contributed by atoms with Gasteiger partial charge in [0, 0.05) is 28.9 Å². The summed E-state index contributed by atoms with van der Waals surface area (Å²) in [6.45, 7) is 0. The zero-order valence-electron chi connectivity index (χ0n) is 15.1. The number of nitrogens with two attached hydrogens (primary N) is 1. The lowest BCUT2D eigenvalue weighted by Gasteiger charge is -2.37. The van der Waals surface area contributed by atoms with Crippen LogP contribution in [0.25, 0.3) is 0 Å². The van der Waals surface area contributed by atoms with E-state index in [1.165, 1.54) is 0 Å². The minimum Gasteiger partial charge on any atom is -0.368 e. The Hall–Kier alpha value is -3.42. The first-order valence-electron chi connectivity index (χ1n) is 8.86. The number of carbonyl (C=O) groups is 1. The van der Waals surface area contributed by atoms with Crippen molar-refractivity contribution in [3.05, 3.63) is 47.0 Å². The van der Waals surface area contributed by atoms with E-state index in [1.807, 2.05) is 0 Å². The number of nitrogen functional groups attached to an aromatic ring is 1. The normalized spacial score (nSPS) is 21.6. The van der Waals surface area contributed by atoms with Crippen LogP contribution in [-0.4, -0.2) is 22.2 Å². The lowest BCUT2D eigenvalue weighted by molar-refractivity contribution is -0.178. The molecule has 1 aromatic heterocycles. The molecule has 1 saturated carbocycles. The zero-order valence-corrected chi connectivity index (χ0v) is 15.1. The van der Waals surface area contributed by atoms with E-state index in [4.69, 9.17) is 5.73 Å². The molecule has 1 aromatic carbocycles. The number of urea groups is 1. The van der Waals surface area contributed by atoms with Gasteiger partial charge in [-0.2, -0.15) is 13.2 Å². The van der Waals surface area contributed by atoms with E-state index in [2.05, 4.69) is 27.1 Å². The van der Waals surface area contributed by atoms with E-state index in [0.29, 0.717) is 18.9 Å². The first-order valence-corrected chi connectivity index (χ1v) is 8.86. The Labute approximate surface area is 167 Å². The number of rotatable bonds is 2. The molecule has 2 amide bonds. The van der Waals surface area contributed by atoms with Crippen LogP contribution >= 0.6 is 0 Å². The van der Waals surface area contributed by atoms with Gasteiger partial charge >= 0.3 is 12.2 Å². The molecule has 1 aliphatic carbocycles. The van der Waals surface area contributed by atoms with Crippen LogP contribution in [0.2, 0.25) is 0 Å². The molecule has 4 rings (SSSR count). The molecule has 1 fully saturated rings. The van der Waals surface area contributed by atoms with Gasteiger partial charge in [0.05, 0.1) is 5.69 Å². The highest BCUT2D eigenvalue weighted by Gasteiger charge is 2.59. The predicted octanol–water partition coefficient (Wildman–Crippen LogP) is 3.56. The molecule has 2 heterocycles.